The molecule has 0 unspecified atom stereocenters. The van der Waals surface area contributed by atoms with Crippen LogP contribution in [0, 0.1) is 0 Å². The maximum absolute atomic E-state index is 10.0. The van der Waals surface area contributed by atoms with Crippen LogP contribution in [0.4, 0.5) is 4.79 Å². The van der Waals surface area contributed by atoms with Crippen molar-refractivity contribution in [2.45, 2.75) is 6.92 Å². The van der Waals surface area contributed by atoms with Crippen LogP contribution in [0.2, 0.25) is 0 Å². The van der Waals surface area contributed by atoms with Crippen molar-refractivity contribution < 1.29 is 22.1 Å². The van der Waals surface area contributed by atoms with Crippen molar-refractivity contribution in [1.29, 1.82) is 0 Å². The molecular weight excluding hydrogens is 148 g/mol. The molecule has 0 aromatic rings. The molecule has 6 heteroatoms. The zero-order chi connectivity index (χ0) is 7.28. The van der Waals surface area contributed by atoms with Gasteiger partial charge >= 0.3 is 17.1 Å². The molecule has 0 N–H and O–H groups in total. The summed E-state index contributed by atoms with van der Waals surface area (Å²) in [6, 6.07) is 0. The number of ether oxygens (including phenoxy) is 1. The summed E-state index contributed by atoms with van der Waals surface area (Å²) in [4.78, 5) is 10.0. The minimum atomic E-state index is -3.13. The van der Waals surface area contributed by atoms with Crippen molar-refractivity contribution in [3.05, 3.63) is 0 Å². The van der Waals surface area contributed by atoms with Gasteiger partial charge in [0.1, 0.15) is 0 Å². The third-order valence-corrected chi connectivity index (χ3v) is 0.709. The van der Waals surface area contributed by atoms with Crippen LogP contribution in [-0.2, 0) is 19.9 Å². The largest absolute Gasteiger partial charge is 0.524 e. The zero-order valence-corrected chi connectivity index (χ0v) is 5.59. The Hall–Kier alpha value is -0.780. The minimum Gasteiger partial charge on any atom is -0.434 e. The molecule has 0 radical (unpaired) electrons. The lowest BCUT2D eigenvalue weighted by molar-refractivity contribution is 0.108. The van der Waals surface area contributed by atoms with E-state index in [0.29, 0.717) is 0 Å². The fraction of sp³-hybridized carbons (Fsp3) is 0.667. The van der Waals surface area contributed by atoms with E-state index in [-0.39, 0.29) is 6.61 Å². The lowest BCUT2D eigenvalue weighted by Crippen LogP contribution is -2.04. The number of rotatable bonds is 2. The van der Waals surface area contributed by atoms with Gasteiger partial charge in [0.2, 0.25) is 0 Å². The summed E-state index contributed by atoms with van der Waals surface area (Å²) in [5.41, 5.74) is 0. The summed E-state index contributed by atoms with van der Waals surface area (Å²) in [6.07, 6.45) is -1.19. The van der Waals surface area contributed by atoms with Crippen LogP contribution in [0.15, 0.2) is 0 Å². The van der Waals surface area contributed by atoms with E-state index < -0.39 is 17.1 Å². The molecule has 0 saturated heterocycles. The molecule has 0 atom stereocenters. The highest BCUT2D eigenvalue weighted by Gasteiger charge is 2.00. The van der Waals surface area contributed by atoms with E-state index in [1.54, 1.807) is 6.92 Å². The Morgan fingerprint density at radius 1 is 1.56 bits per heavy atom. The van der Waals surface area contributed by atoms with Crippen LogP contribution >= 0.6 is 0 Å². The number of hydrogen-bond acceptors (Lipinski definition) is 5. The zero-order valence-electron chi connectivity index (χ0n) is 4.70. The van der Waals surface area contributed by atoms with Crippen molar-refractivity contribution in [1.82, 2.24) is 0 Å². The van der Waals surface area contributed by atoms with E-state index in [0.717, 1.165) is 0 Å². The maximum Gasteiger partial charge on any atom is 0.524 e. The minimum absolute atomic E-state index is 0.0992. The Labute approximate surface area is 53.7 Å². The van der Waals surface area contributed by atoms with Gasteiger partial charge in [-0.1, -0.05) is 0 Å². The molecule has 0 bridgehead atoms. The first-order valence-electron chi connectivity index (χ1n) is 2.16. The molecule has 5 nitrogen and oxygen atoms in total. The van der Waals surface area contributed by atoms with Gasteiger partial charge in [-0.3, -0.25) is 0 Å². The first-order valence-corrected chi connectivity index (χ1v) is 3.25. The fourth-order valence-corrected chi connectivity index (χ4v) is 0.379. The molecule has 54 valence electrons. The lowest BCUT2D eigenvalue weighted by atomic mass is 10.9. The van der Waals surface area contributed by atoms with Crippen LogP contribution in [0.25, 0.3) is 0 Å². The number of hydrogen-bond donors (Lipinski definition) is 1. The predicted octanol–water partition coefficient (Wildman–Crippen LogP) is -0.314. The van der Waals surface area contributed by atoms with E-state index in [1.807, 2.05) is 0 Å². The average molecular weight is 154 g/mol. The molecule has 0 aliphatic heterocycles. The van der Waals surface area contributed by atoms with Gasteiger partial charge in [0.05, 0.1) is 6.61 Å². The van der Waals surface area contributed by atoms with Gasteiger partial charge in [-0.15, -0.1) is 0 Å². The van der Waals surface area contributed by atoms with Crippen molar-refractivity contribution >= 4 is 17.1 Å². The Bertz CT molecular complexity index is 152. The quantitative estimate of drug-likeness (QED) is 0.436. The van der Waals surface area contributed by atoms with Gasteiger partial charge in [0.25, 0.3) is 0 Å². The number of carbonyl (C=O) groups excluding carboxylic acids is 1. The number of carbonyl (C=O) groups is 1. The Morgan fingerprint density at radius 2 is 2.11 bits per heavy atom. The first kappa shape index (κ1) is 8.22. The average Bonchev–Trinajstić information content (AvgIpc) is 1.63. The highest BCUT2D eigenvalue weighted by Crippen LogP contribution is 1.82. The van der Waals surface area contributed by atoms with Gasteiger partial charge in [-0.2, -0.15) is 8.42 Å². The van der Waals surface area contributed by atoms with Crippen molar-refractivity contribution in [3.8, 4) is 0 Å². The van der Waals surface area contributed by atoms with Gasteiger partial charge in [-0.05, 0) is 6.92 Å². The second-order valence-corrected chi connectivity index (χ2v) is 1.63. The van der Waals surface area contributed by atoms with Crippen LogP contribution < -0.4 is 0 Å². The molecule has 9 heavy (non-hydrogen) atoms. The van der Waals surface area contributed by atoms with E-state index in [1.165, 1.54) is 0 Å². The summed E-state index contributed by atoms with van der Waals surface area (Å²) >= 11 is 0. The Balaban J connectivity index is 3.51. The summed E-state index contributed by atoms with van der Waals surface area (Å²) in [5.74, 6) is 0. The molecule has 0 spiro atoms. The highest BCUT2D eigenvalue weighted by atomic mass is 32.2. The first-order chi connectivity index (χ1) is 4.16. The second-order valence-electron chi connectivity index (χ2n) is 0.998. The molecule has 0 aromatic carbocycles. The van der Waals surface area contributed by atoms with Crippen LogP contribution in [-0.4, -0.2) is 21.2 Å². The summed E-state index contributed by atoms with van der Waals surface area (Å²) in [5, 5.41) is 0. The standard InChI is InChI=1S/C3H6O5S/c1-2-7-3(4)8-9(5)6/h9H,2H2,1H3. The van der Waals surface area contributed by atoms with Gasteiger partial charge in [0.15, 0.2) is 0 Å². The monoisotopic (exact) mass is 154 g/mol. The molecule has 0 rings (SSSR count). The van der Waals surface area contributed by atoms with Gasteiger partial charge in [0, 0.05) is 0 Å². The topological polar surface area (TPSA) is 69.7 Å². The molecule has 0 fully saturated rings. The second kappa shape index (κ2) is 4.13. The van der Waals surface area contributed by atoms with Crippen molar-refractivity contribution in [2.75, 3.05) is 6.61 Å². The van der Waals surface area contributed by atoms with Crippen LogP contribution in [0.1, 0.15) is 6.92 Å². The third-order valence-electron chi connectivity index (χ3n) is 0.411. The van der Waals surface area contributed by atoms with Gasteiger partial charge < -0.3 is 8.92 Å². The molecule has 0 aliphatic carbocycles. The summed E-state index contributed by atoms with van der Waals surface area (Å²) < 4.78 is 26.9. The Kier molecular flexibility index (Phi) is 3.78. The molecule has 0 aromatic heterocycles. The predicted molar refractivity (Wildman–Crippen MR) is 28.4 cm³/mol. The van der Waals surface area contributed by atoms with Gasteiger partial charge in [-0.25, -0.2) is 4.79 Å². The van der Waals surface area contributed by atoms with Crippen molar-refractivity contribution in [2.24, 2.45) is 0 Å². The molecule has 0 aliphatic rings. The fourth-order valence-electron chi connectivity index (χ4n) is 0.205. The maximum atomic E-state index is 10.0. The molecule has 0 amide bonds. The molecule has 0 heterocycles. The Morgan fingerprint density at radius 3 is 2.44 bits per heavy atom. The van der Waals surface area contributed by atoms with Crippen molar-refractivity contribution in [3.63, 3.8) is 0 Å². The third kappa shape index (κ3) is 5.09. The smallest absolute Gasteiger partial charge is 0.434 e. The SMILES string of the molecule is CCOC(=O)O[SH](=O)=O. The summed E-state index contributed by atoms with van der Waals surface area (Å²) in [6.45, 7) is 1.64. The molecular formula is C3H6O5S. The summed E-state index contributed by atoms with van der Waals surface area (Å²) in [7, 11) is -3.13. The van der Waals surface area contributed by atoms with E-state index in [4.69, 9.17) is 0 Å². The van der Waals surface area contributed by atoms with Crippen LogP contribution in [0.3, 0.4) is 0 Å². The van der Waals surface area contributed by atoms with E-state index in [9.17, 15) is 13.2 Å². The molecule has 0 saturated carbocycles. The highest BCUT2D eigenvalue weighted by molar-refractivity contribution is 7.67. The van der Waals surface area contributed by atoms with E-state index >= 15 is 0 Å². The lowest BCUT2D eigenvalue weighted by Gasteiger charge is -1.94. The van der Waals surface area contributed by atoms with Crippen LogP contribution in [0.5, 0.6) is 0 Å². The normalized spacial score (nSPS) is 9.11. The number of thiol groups is 1. The van der Waals surface area contributed by atoms with E-state index in [2.05, 4.69) is 8.92 Å².